The monoisotopic (exact) mass is 274 g/mol. The van der Waals surface area contributed by atoms with E-state index in [0.29, 0.717) is 19.6 Å². The first-order valence-electron chi connectivity index (χ1n) is 6.85. The first kappa shape index (κ1) is 17.7. The molecule has 2 amide bonds. The maximum Gasteiger partial charge on any atom is 0.326 e. The van der Waals surface area contributed by atoms with Crippen LogP contribution in [0.1, 0.15) is 39.5 Å². The Labute approximate surface area is 115 Å². The largest absolute Gasteiger partial charge is 0.480 e. The van der Waals surface area contributed by atoms with E-state index in [4.69, 9.17) is 9.84 Å². The smallest absolute Gasteiger partial charge is 0.326 e. The number of carbonyl (C=O) groups is 2. The summed E-state index contributed by atoms with van der Waals surface area (Å²) >= 11 is 0. The van der Waals surface area contributed by atoms with Gasteiger partial charge in [-0.1, -0.05) is 20.3 Å². The van der Waals surface area contributed by atoms with Crippen molar-refractivity contribution in [3.63, 3.8) is 0 Å². The number of carbonyl (C=O) groups excluding carboxylic acids is 1. The van der Waals surface area contributed by atoms with Gasteiger partial charge in [0, 0.05) is 26.8 Å². The highest BCUT2D eigenvalue weighted by Gasteiger charge is 2.24. The van der Waals surface area contributed by atoms with E-state index in [1.165, 1.54) is 11.9 Å². The Morgan fingerprint density at radius 1 is 1.26 bits per heavy atom. The molecule has 0 aliphatic heterocycles. The van der Waals surface area contributed by atoms with Gasteiger partial charge in [0.1, 0.15) is 6.04 Å². The van der Waals surface area contributed by atoms with E-state index in [2.05, 4.69) is 12.2 Å². The van der Waals surface area contributed by atoms with E-state index >= 15 is 0 Å². The molecule has 0 saturated heterocycles. The topological polar surface area (TPSA) is 78.9 Å². The van der Waals surface area contributed by atoms with Gasteiger partial charge in [0.2, 0.25) is 0 Å². The molecule has 6 nitrogen and oxygen atoms in total. The number of carboxylic acid groups (broad SMARTS) is 1. The van der Waals surface area contributed by atoms with Crippen LogP contribution in [0.2, 0.25) is 0 Å². The molecule has 6 heteroatoms. The summed E-state index contributed by atoms with van der Waals surface area (Å²) in [4.78, 5) is 23.8. The molecule has 0 radical (unpaired) electrons. The number of ether oxygens (including phenoxy) is 1. The molecular weight excluding hydrogens is 248 g/mol. The summed E-state index contributed by atoms with van der Waals surface area (Å²) in [5.74, 6) is -0.983. The minimum atomic E-state index is -0.983. The molecule has 1 unspecified atom stereocenters. The van der Waals surface area contributed by atoms with Crippen LogP contribution in [-0.2, 0) is 9.53 Å². The quantitative estimate of drug-likeness (QED) is 0.594. The molecular formula is C13H26N2O4. The lowest BCUT2D eigenvalue weighted by molar-refractivity contribution is -0.141. The van der Waals surface area contributed by atoms with Crippen LogP contribution in [0.4, 0.5) is 4.79 Å². The van der Waals surface area contributed by atoms with E-state index in [9.17, 15) is 9.59 Å². The number of urea groups is 1. The molecule has 2 N–H and O–H groups in total. The van der Waals surface area contributed by atoms with Crippen LogP contribution < -0.4 is 5.32 Å². The zero-order chi connectivity index (χ0) is 14.7. The number of carboxylic acids is 1. The van der Waals surface area contributed by atoms with Crippen molar-refractivity contribution in [3.05, 3.63) is 0 Å². The minimum absolute atomic E-state index is 0.359. The second-order valence-corrected chi connectivity index (χ2v) is 4.42. The molecule has 0 fully saturated rings. The number of nitrogens with zero attached hydrogens (tertiary/aromatic N) is 1. The summed E-state index contributed by atoms with van der Waals surface area (Å²) < 4.78 is 5.36. The van der Waals surface area contributed by atoms with Crippen molar-refractivity contribution in [2.75, 3.05) is 26.8 Å². The molecule has 1 atom stereocenters. The highest BCUT2D eigenvalue weighted by atomic mass is 16.5. The molecule has 0 saturated carbocycles. The highest BCUT2D eigenvalue weighted by Crippen LogP contribution is 2.02. The Balaban J connectivity index is 3.76. The van der Waals surface area contributed by atoms with Crippen molar-refractivity contribution in [1.29, 1.82) is 0 Å². The van der Waals surface area contributed by atoms with E-state index < -0.39 is 12.0 Å². The second kappa shape index (κ2) is 10.6. The van der Waals surface area contributed by atoms with Crippen molar-refractivity contribution in [2.45, 2.75) is 45.6 Å². The van der Waals surface area contributed by atoms with Crippen LogP contribution in [0.25, 0.3) is 0 Å². The number of amides is 2. The molecule has 0 spiro atoms. The van der Waals surface area contributed by atoms with Crippen molar-refractivity contribution < 1.29 is 19.4 Å². The first-order valence-corrected chi connectivity index (χ1v) is 6.85. The van der Waals surface area contributed by atoms with Gasteiger partial charge < -0.3 is 20.1 Å². The highest BCUT2D eigenvalue weighted by molar-refractivity contribution is 5.82. The third-order valence-electron chi connectivity index (χ3n) is 2.84. The molecule has 19 heavy (non-hydrogen) atoms. The van der Waals surface area contributed by atoms with Crippen molar-refractivity contribution in [2.24, 2.45) is 0 Å². The third-order valence-corrected chi connectivity index (χ3v) is 2.84. The molecule has 0 aromatic rings. The number of hydrogen-bond acceptors (Lipinski definition) is 3. The van der Waals surface area contributed by atoms with Crippen LogP contribution in [0.3, 0.4) is 0 Å². The van der Waals surface area contributed by atoms with E-state index in [-0.39, 0.29) is 6.03 Å². The third kappa shape index (κ3) is 7.66. The van der Waals surface area contributed by atoms with Crippen molar-refractivity contribution in [3.8, 4) is 0 Å². The van der Waals surface area contributed by atoms with Crippen LogP contribution in [0, 0.1) is 0 Å². The average Bonchev–Trinajstić information content (AvgIpc) is 2.37. The van der Waals surface area contributed by atoms with Crippen LogP contribution in [0.5, 0.6) is 0 Å². The Kier molecular flexibility index (Phi) is 9.88. The van der Waals surface area contributed by atoms with Gasteiger partial charge in [0.15, 0.2) is 0 Å². The maximum absolute atomic E-state index is 11.7. The zero-order valence-electron chi connectivity index (χ0n) is 12.1. The van der Waals surface area contributed by atoms with E-state index in [0.717, 1.165) is 25.9 Å². The fourth-order valence-electron chi connectivity index (χ4n) is 1.60. The average molecular weight is 274 g/mol. The van der Waals surface area contributed by atoms with E-state index in [1.54, 1.807) is 6.92 Å². The predicted molar refractivity (Wildman–Crippen MR) is 73.2 cm³/mol. The minimum Gasteiger partial charge on any atom is -0.480 e. The molecule has 0 aromatic carbocycles. The van der Waals surface area contributed by atoms with Gasteiger partial charge in [-0.2, -0.15) is 0 Å². The number of likely N-dealkylation sites (N-methyl/N-ethyl adjacent to an activating group) is 1. The Bertz CT molecular complexity index is 271. The Morgan fingerprint density at radius 3 is 2.42 bits per heavy atom. The van der Waals surface area contributed by atoms with E-state index in [1.807, 2.05) is 0 Å². The maximum atomic E-state index is 11.7. The molecule has 0 aromatic heterocycles. The van der Waals surface area contributed by atoms with Gasteiger partial charge >= 0.3 is 12.0 Å². The number of unbranched alkanes of at least 4 members (excludes halogenated alkanes) is 1. The van der Waals surface area contributed by atoms with Gasteiger partial charge in [-0.05, 0) is 19.3 Å². The summed E-state index contributed by atoms with van der Waals surface area (Å²) in [6, 6.07) is -1.14. The van der Waals surface area contributed by atoms with Gasteiger partial charge in [0.25, 0.3) is 0 Å². The lowest BCUT2D eigenvalue weighted by Crippen LogP contribution is -2.47. The van der Waals surface area contributed by atoms with Crippen LogP contribution in [0.15, 0.2) is 0 Å². The summed E-state index contributed by atoms with van der Waals surface area (Å²) in [6.07, 6.45) is 3.27. The molecule has 0 aliphatic rings. The molecule has 0 aliphatic carbocycles. The molecule has 0 rings (SSSR count). The standard InChI is InChI=1S/C13H26N2O4/c1-4-6-9-19-10-7-8-14-13(18)15(3)11(5-2)12(16)17/h11H,4-10H2,1-3H3,(H,14,18)(H,16,17). The van der Waals surface area contributed by atoms with Crippen molar-refractivity contribution in [1.82, 2.24) is 10.2 Å². The van der Waals surface area contributed by atoms with Gasteiger partial charge in [-0.3, -0.25) is 0 Å². The van der Waals surface area contributed by atoms with Gasteiger partial charge in [-0.15, -0.1) is 0 Å². The lowest BCUT2D eigenvalue weighted by atomic mass is 10.2. The normalized spacial score (nSPS) is 11.9. The first-order chi connectivity index (χ1) is 9.04. The van der Waals surface area contributed by atoms with Gasteiger partial charge in [0.05, 0.1) is 0 Å². The summed E-state index contributed by atoms with van der Waals surface area (Å²) in [5.41, 5.74) is 0. The summed E-state index contributed by atoms with van der Waals surface area (Å²) in [6.45, 7) is 5.70. The van der Waals surface area contributed by atoms with Crippen molar-refractivity contribution >= 4 is 12.0 Å². The number of hydrogen-bond donors (Lipinski definition) is 2. The fourth-order valence-corrected chi connectivity index (χ4v) is 1.60. The van der Waals surface area contributed by atoms with Gasteiger partial charge in [-0.25, -0.2) is 9.59 Å². The Hall–Kier alpha value is -1.30. The number of aliphatic carboxylic acids is 1. The number of nitrogens with one attached hydrogen (secondary N) is 1. The molecule has 112 valence electrons. The van der Waals surface area contributed by atoms with Crippen LogP contribution >= 0.6 is 0 Å². The van der Waals surface area contributed by atoms with Crippen LogP contribution in [-0.4, -0.2) is 54.9 Å². The molecule has 0 bridgehead atoms. The zero-order valence-corrected chi connectivity index (χ0v) is 12.1. The fraction of sp³-hybridized carbons (Fsp3) is 0.846. The predicted octanol–water partition coefficient (Wildman–Crippen LogP) is 1.70. The Morgan fingerprint density at radius 2 is 1.89 bits per heavy atom. The summed E-state index contributed by atoms with van der Waals surface area (Å²) in [5, 5.41) is 11.6. The molecule has 0 heterocycles. The second-order valence-electron chi connectivity index (χ2n) is 4.42. The number of rotatable bonds is 10. The summed E-state index contributed by atoms with van der Waals surface area (Å²) in [7, 11) is 1.50. The SMILES string of the molecule is CCCCOCCCNC(=O)N(C)C(CC)C(=O)O. The lowest BCUT2D eigenvalue weighted by Gasteiger charge is -2.23.